The Bertz CT molecular complexity index is 1140. The molecule has 3 aromatic carbocycles. The van der Waals surface area contributed by atoms with Crippen molar-refractivity contribution in [3.8, 4) is 23.0 Å². The smallest absolute Gasteiger partial charge is 0.310 e. The van der Waals surface area contributed by atoms with Gasteiger partial charge in [0.05, 0.1) is 31.8 Å². The van der Waals surface area contributed by atoms with E-state index in [1.165, 1.54) is 11.6 Å². The standard InChI is InChI=1S/C27H30N2O6.ClH/c1-32-26-17-20-13-15-28(14-8-16-34-25-12-7-6-11-23(25)29(30)31)24(22(20)18-27(26)33-2)19-35-21-9-4-3-5-10-21;/h3-7,9-12,17-18,24H,8,13-16,19H2,1-2H3;1H. The monoisotopic (exact) mass is 514 g/mol. The molecule has 1 atom stereocenters. The number of methoxy groups -OCH3 is 2. The Hall–Kier alpha value is -3.49. The molecule has 0 radical (unpaired) electrons. The Labute approximate surface area is 217 Å². The molecular weight excluding hydrogens is 484 g/mol. The number of para-hydroxylation sites is 3. The van der Waals surface area contributed by atoms with Crippen LogP contribution in [-0.2, 0) is 6.42 Å². The van der Waals surface area contributed by atoms with Crippen LogP contribution in [-0.4, -0.2) is 50.3 Å². The molecule has 1 aliphatic rings. The molecule has 4 rings (SSSR count). The van der Waals surface area contributed by atoms with Crippen LogP contribution in [0, 0.1) is 10.1 Å². The lowest BCUT2D eigenvalue weighted by atomic mass is 9.92. The molecule has 9 heteroatoms. The molecule has 3 aromatic rings. The van der Waals surface area contributed by atoms with Crippen molar-refractivity contribution in [3.63, 3.8) is 0 Å². The fourth-order valence-corrected chi connectivity index (χ4v) is 4.41. The first-order valence-corrected chi connectivity index (χ1v) is 11.6. The molecule has 0 aliphatic carbocycles. The summed E-state index contributed by atoms with van der Waals surface area (Å²) in [7, 11) is 3.28. The zero-order valence-electron chi connectivity index (χ0n) is 20.4. The Kier molecular flexibility index (Phi) is 9.78. The SMILES string of the molecule is COc1cc2c(cc1OC)C(COc1ccccc1)N(CCCOc1ccccc1[N+](=O)[O-])CC2.Cl. The minimum Gasteiger partial charge on any atom is -0.493 e. The summed E-state index contributed by atoms with van der Waals surface area (Å²) >= 11 is 0. The second kappa shape index (κ2) is 13.0. The van der Waals surface area contributed by atoms with Gasteiger partial charge in [-0.15, -0.1) is 12.4 Å². The van der Waals surface area contributed by atoms with E-state index in [0.717, 1.165) is 43.0 Å². The third-order valence-corrected chi connectivity index (χ3v) is 6.17. The lowest BCUT2D eigenvalue weighted by Crippen LogP contribution is -2.39. The van der Waals surface area contributed by atoms with Crippen molar-refractivity contribution in [2.24, 2.45) is 0 Å². The Balaban J connectivity index is 0.00000361. The summed E-state index contributed by atoms with van der Waals surface area (Å²) in [6.07, 6.45) is 1.60. The molecule has 0 fully saturated rings. The minimum atomic E-state index is -0.421. The van der Waals surface area contributed by atoms with Crippen LogP contribution in [0.3, 0.4) is 0 Å². The fourth-order valence-electron chi connectivity index (χ4n) is 4.41. The van der Waals surface area contributed by atoms with E-state index in [0.29, 0.717) is 24.7 Å². The summed E-state index contributed by atoms with van der Waals surface area (Å²) in [4.78, 5) is 13.2. The first-order chi connectivity index (χ1) is 17.1. The van der Waals surface area contributed by atoms with E-state index in [1.54, 1.807) is 32.4 Å². The Morgan fingerprint density at radius 3 is 2.36 bits per heavy atom. The molecule has 0 amide bonds. The zero-order chi connectivity index (χ0) is 24.6. The molecule has 1 unspecified atom stereocenters. The van der Waals surface area contributed by atoms with E-state index in [1.807, 2.05) is 36.4 Å². The van der Waals surface area contributed by atoms with Crippen LogP contribution in [0.5, 0.6) is 23.0 Å². The average molecular weight is 515 g/mol. The number of rotatable bonds is 11. The number of hydrogen-bond acceptors (Lipinski definition) is 7. The van der Waals surface area contributed by atoms with E-state index < -0.39 is 4.92 Å². The van der Waals surface area contributed by atoms with Crippen LogP contribution < -0.4 is 18.9 Å². The first-order valence-electron chi connectivity index (χ1n) is 11.6. The third kappa shape index (κ3) is 6.38. The maximum Gasteiger partial charge on any atom is 0.310 e. The van der Waals surface area contributed by atoms with Crippen molar-refractivity contribution in [1.82, 2.24) is 4.90 Å². The third-order valence-electron chi connectivity index (χ3n) is 6.17. The van der Waals surface area contributed by atoms with Crippen molar-refractivity contribution < 1.29 is 23.9 Å². The zero-order valence-corrected chi connectivity index (χ0v) is 21.2. The number of nitro benzene ring substituents is 1. The van der Waals surface area contributed by atoms with Crippen LogP contribution in [0.4, 0.5) is 5.69 Å². The number of nitrogens with zero attached hydrogens (tertiary/aromatic N) is 2. The highest BCUT2D eigenvalue weighted by atomic mass is 35.5. The van der Waals surface area contributed by atoms with Crippen molar-refractivity contribution >= 4 is 18.1 Å². The van der Waals surface area contributed by atoms with Gasteiger partial charge in [0.25, 0.3) is 0 Å². The lowest BCUT2D eigenvalue weighted by molar-refractivity contribution is -0.385. The van der Waals surface area contributed by atoms with Gasteiger partial charge < -0.3 is 18.9 Å². The summed E-state index contributed by atoms with van der Waals surface area (Å²) in [5.41, 5.74) is 2.36. The fraction of sp³-hybridized carbons (Fsp3) is 0.333. The lowest BCUT2D eigenvalue weighted by Gasteiger charge is -2.37. The maximum atomic E-state index is 11.2. The van der Waals surface area contributed by atoms with Crippen LogP contribution in [0.25, 0.3) is 0 Å². The minimum absolute atomic E-state index is 0. The average Bonchev–Trinajstić information content (AvgIpc) is 2.90. The number of hydrogen-bond donors (Lipinski definition) is 0. The molecule has 0 N–H and O–H groups in total. The van der Waals surface area contributed by atoms with Crippen molar-refractivity contribution in [1.29, 1.82) is 0 Å². The highest BCUT2D eigenvalue weighted by molar-refractivity contribution is 5.85. The van der Waals surface area contributed by atoms with E-state index in [4.69, 9.17) is 18.9 Å². The molecule has 0 saturated carbocycles. The van der Waals surface area contributed by atoms with Crippen LogP contribution in [0.2, 0.25) is 0 Å². The van der Waals surface area contributed by atoms with E-state index in [9.17, 15) is 10.1 Å². The number of benzene rings is 3. The topological polar surface area (TPSA) is 83.3 Å². The maximum absolute atomic E-state index is 11.2. The molecule has 1 heterocycles. The van der Waals surface area contributed by atoms with Gasteiger partial charge in [-0.2, -0.15) is 0 Å². The van der Waals surface area contributed by atoms with Gasteiger partial charge in [-0.25, -0.2) is 0 Å². The second-order valence-electron chi connectivity index (χ2n) is 8.26. The number of ether oxygens (including phenoxy) is 4. The van der Waals surface area contributed by atoms with Crippen LogP contribution in [0.1, 0.15) is 23.6 Å². The van der Waals surface area contributed by atoms with Gasteiger partial charge in [-0.1, -0.05) is 30.3 Å². The van der Waals surface area contributed by atoms with E-state index >= 15 is 0 Å². The molecule has 192 valence electrons. The summed E-state index contributed by atoms with van der Waals surface area (Å²) < 4.78 is 23.0. The van der Waals surface area contributed by atoms with Gasteiger partial charge in [-0.05, 0) is 54.3 Å². The molecular formula is C27H31ClN2O6. The normalized spacial score (nSPS) is 14.8. The molecule has 0 aromatic heterocycles. The summed E-state index contributed by atoms with van der Waals surface area (Å²) in [6.45, 7) is 2.48. The van der Waals surface area contributed by atoms with Crippen LogP contribution >= 0.6 is 12.4 Å². The number of nitro groups is 1. The predicted octanol–water partition coefficient (Wildman–Crippen LogP) is 5.48. The Morgan fingerprint density at radius 2 is 1.64 bits per heavy atom. The van der Waals surface area contributed by atoms with Gasteiger partial charge in [0.1, 0.15) is 12.4 Å². The van der Waals surface area contributed by atoms with Crippen molar-refractivity contribution in [3.05, 3.63) is 88.0 Å². The first kappa shape index (κ1) is 27.1. The summed E-state index contributed by atoms with van der Waals surface area (Å²) in [5, 5.41) is 11.2. The number of fused-ring (bicyclic) bond motifs is 1. The molecule has 8 nitrogen and oxygen atoms in total. The largest absolute Gasteiger partial charge is 0.493 e. The van der Waals surface area contributed by atoms with Gasteiger partial charge in [0, 0.05) is 19.2 Å². The van der Waals surface area contributed by atoms with Crippen molar-refractivity contribution in [2.75, 3.05) is 40.5 Å². The van der Waals surface area contributed by atoms with Crippen LogP contribution in [0.15, 0.2) is 66.7 Å². The molecule has 36 heavy (non-hydrogen) atoms. The van der Waals surface area contributed by atoms with Gasteiger partial charge in [0.2, 0.25) is 0 Å². The van der Waals surface area contributed by atoms with Gasteiger partial charge in [0.15, 0.2) is 17.2 Å². The summed E-state index contributed by atoms with van der Waals surface area (Å²) in [6, 6.07) is 20.3. The van der Waals surface area contributed by atoms with Gasteiger partial charge in [-0.3, -0.25) is 15.0 Å². The molecule has 0 spiro atoms. The molecule has 0 saturated heterocycles. The van der Waals surface area contributed by atoms with Crippen molar-refractivity contribution in [2.45, 2.75) is 18.9 Å². The quantitative estimate of drug-likeness (QED) is 0.190. The van der Waals surface area contributed by atoms with Gasteiger partial charge >= 0.3 is 5.69 Å². The summed E-state index contributed by atoms with van der Waals surface area (Å²) in [5.74, 6) is 2.53. The highest BCUT2D eigenvalue weighted by Gasteiger charge is 2.29. The van der Waals surface area contributed by atoms with E-state index in [-0.39, 0.29) is 24.1 Å². The number of halogens is 1. The highest BCUT2D eigenvalue weighted by Crippen LogP contribution is 2.38. The van der Waals surface area contributed by atoms with E-state index in [2.05, 4.69) is 11.0 Å². The predicted molar refractivity (Wildman–Crippen MR) is 140 cm³/mol. The molecule has 0 bridgehead atoms. The Morgan fingerprint density at radius 1 is 0.944 bits per heavy atom. The molecule has 1 aliphatic heterocycles. The second-order valence-corrected chi connectivity index (χ2v) is 8.26.